The minimum atomic E-state index is -0.332. The zero-order valence-electron chi connectivity index (χ0n) is 8.82. The third-order valence-corrected chi connectivity index (χ3v) is 2.80. The van der Waals surface area contributed by atoms with E-state index in [1.807, 2.05) is 6.92 Å². The number of rotatable bonds is 6. The van der Waals surface area contributed by atoms with E-state index in [2.05, 4.69) is 10.3 Å². The molecule has 3 N–H and O–H groups in total. The maximum Gasteiger partial charge on any atom is 0.255 e. The summed E-state index contributed by atoms with van der Waals surface area (Å²) in [4.78, 5) is 15.0. The molecule has 0 aliphatic heterocycles. The van der Waals surface area contributed by atoms with Gasteiger partial charge in [0.1, 0.15) is 6.26 Å². The molecule has 0 saturated carbocycles. The summed E-state index contributed by atoms with van der Waals surface area (Å²) in [7, 11) is 1.72. The first-order valence-electron chi connectivity index (χ1n) is 4.65. The molecule has 0 aromatic carbocycles. The maximum atomic E-state index is 10.9. The van der Waals surface area contributed by atoms with E-state index in [-0.39, 0.29) is 11.9 Å². The first-order chi connectivity index (χ1) is 7.13. The number of nitrogens with two attached hydrogens (primary N) is 1. The Kier molecular flexibility index (Phi) is 4.64. The van der Waals surface area contributed by atoms with Crippen LogP contribution in [0.25, 0.3) is 0 Å². The molecule has 1 atom stereocenters. The average molecular weight is 229 g/mol. The minimum absolute atomic E-state index is 0.284. The Morgan fingerprint density at radius 3 is 3.00 bits per heavy atom. The number of carbonyl (C=O) groups is 1. The number of carbonyl (C=O) groups excluding carboxylic acids is 1. The third-order valence-electron chi connectivity index (χ3n) is 1.92. The summed E-state index contributed by atoms with van der Waals surface area (Å²) >= 11 is 1.48. The van der Waals surface area contributed by atoms with Crippen molar-refractivity contribution in [2.75, 3.05) is 12.8 Å². The van der Waals surface area contributed by atoms with Gasteiger partial charge in [0.05, 0.1) is 11.7 Å². The van der Waals surface area contributed by atoms with Crippen LogP contribution >= 0.6 is 11.8 Å². The Balaban J connectivity index is 2.29. The number of amides is 1. The topological polar surface area (TPSA) is 81.2 Å². The molecule has 1 rings (SSSR count). The molecule has 0 aliphatic rings. The van der Waals surface area contributed by atoms with Gasteiger partial charge in [-0.25, -0.2) is 4.98 Å². The van der Waals surface area contributed by atoms with E-state index in [1.165, 1.54) is 11.8 Å². The summed E-state index contributed by atoms with van der Waals surface area (Å²) in [6.07, 6.45) is 2.27. The lowest BCUT2D eigenvalue weighted by molar-refractivity contribution is -0.119. The highest BCUT2D eigenvalue weighted by atomic mass is 32.2. The standard InChI is InChI=1S/C9H15N3O2S/c1-6-5-14-9(12-6)15-4-3-7(11-2)8(10)13/h5,7,11H,3-4H2,1-2H3,(H2,10,13). The summed E-state index contributed by atoms with van der Waals surface area (Å²) in [5.74, 6) is 0.413. The second-order valence-corrected chi connectivity index (χ2v) is 4.18. The van der Waals surface area contributed by atoms with E-state index in [1.54, 1.807) is 13.3 Å². The van der Waals surface area contributed by atoms with Crippen molar-refractivity contribution in [2.45, 2.75) is 24.6 Å². The Morgan fingerprint density at radius 2 is 2.53 bits per heavy atom. The molecule has 1 amide bonds. The molecule has 0 spiro atoms. The van der Waals surface area contributed by atoms with Gasteiger partial charge in [0.15, 0.2) is 0 Å². The lowest BCUT2D eigenvalue weighted by Gasteiger charge is -2.10. The second kappa shape index (κ2) is 5.77. The molecule has 0 fully saturated rings. The van der Waals surface area contributed by atoms with Crippen molar-refractivity contribution in [3.05, 3.63) is 12.0 Å². The predicted molar refractivity (Wildman–Crippen MR) is 58.6 cm³/mol. The highest BCUT2D eigenvalue weighted by molar-refractivity contribution is 7.99. The SMILES string of the molecule is CNC(CCSc1nc(C)co1)C(N)=O. The third kappa shape index (κ3) is 3.93. The van der Waals surface area contributed by atoms with Gasteiger partial charge >= 0.3 is 0 Å². The zero-order valence-corrected chi connectivity index (χ0v) is 9.63. The second-order valence-electron chi connectivity index (χ2n) is 3.14. The summed E-state index contributed by atoms with van der Waals surface area (Å²) in [5, 5.41) is 3.49. The van der Waals surface area contributed by atoms with E-state index in [9.17, 15) is 4.79 Å². The molecule has 1 aromatic rings. The lowest BCUT2D eigenvalue weighted by atomic mass is 10.2. The van der Waals surface area contributed by atoms with Crippen LogP contribution in [0.15, 0.2) is 15.9 Å². The molecule has 0 radical (unpaired) electrons. The Hall–Kier alpha value is -1.01. The lowest BCUT2D eigenvalue weighted by Crippen LogP contribution is -2.39. The fourth-order valence-corrected chi connectivity index (χ4v) is 1.94. The fraction of sp³-hybridized carbons (Fsp3) is 0.556. The van der Waals surface area contributed by atoms with Crippen LogP contribution in [0.2, 0.25) is 0 Å². The van der Waals surface area contributed by atoms with Gasteiger partial charge in [-0.15, -0.1) is 0 Å². The Bertz CT molecular complexity index is 327. The van der Waals surface area contributed by atoms with Crippen molar-refractivity contribution in [3.63, 3.8) is 0 Å². The van der Waals surface area contributed by atoms with Crippen LogP contribution in [-0.2, 0) is 4.79 Å². The molecule has 1 heterocycles. The number of hydrogen-bond donors (Lipinski definition) is 2. The first-order valence-corrected chi connectivity index (χ1v) is 5.63. The maximum absolute atomic E-state index is 10.9. The number of nitrogens with zero attached hydrogens (tertiary/aromatic N) is 1. The smallest absolute Gasteiger partial charge is 0.255 e. The number of aromatic nitrogens is 1. The van der Waals surface area contributed by atoms with Crippen molar-refractivity contribution in [2.24, 2.45) is 5.73 Å². The van der Waals surface area contributed by atoms with E-state index in [4.69, 9.17) is 10.2 Å². The minimum Gasteiger partial charge on any atom is -0.440 e. The molecule has 0 bridgehead atoms. The molecule has 0 saturated heterocycles. The summed E-state index contributed by atoms with van der Waals surface area (Å²) < 4.78 is 5.16. The molecule has 1 aromatic heterocycles. The number of nitrogens with one attached hydrogen (secondary N) is 1. The number of likely N-dealkylation sites (N-methyl/N-ethyl adjacent to an activating group) is 1. The molecule has 84 valence electrons. The zero-order chi connectivity index (χ0) is 11.3. The van der Waals surface area contributed by atoms with Gasteiger partial charge < -0.3 is 15.5 Å². The van der Waals surface area contributed by atoms with Gasteiger partial charge in [-0.3, -0.25) is 4.79 Å². The van der Waals surface area contributed by atoms with Crippen molar-refractivity contribution in [1.29, 1.82) is 0 Å². The van der Waals surface area contributed by atoms with E-state index < -0.39 is 0 Å². The van der Waals surface area contributed by atoms with E-state index >= 15 is 0 Å². The molecule has 15 heavy (non-hydrogen) atoms. The van der Waals surface area contributed by atoms with Crippen LogP contribution in [0.4, 0.5) is 0 Å². The molecule has 1 unspecified atom stereocenters. The van der Waals surface area contributed by atoms with Gasteiger partial charge in [0.2, 0.25) is 5.91 Å². The number of hydrogen-bond acceptors (Lipinski definition) is 5. The molecule has 5 nitrogen and oxygen atoms in total. The van der Waals surface area contributed by atoms with Gasteiger partial charge in [0.25, 0.3) is 5.22 Å². The van der Waals surface area contributed by atoms with Crippen molar-refractivity contribution >= 4 is 17.7 Å². The summed E-state index contributed by atoms with van der Waals surface area (Å²) in [6.45, 7) is 1.87. The van der Waals surface area contributed by atoms with Crippen molar-refractivity contribution in [3.8, 4) is 0 Å². The predicted octanol–water partition coefficient (Wildman–Crippen LogP) is 0.539. The first kappa shape index (κ1) is 12.1. The monoisotopic (exact) mass is 229 g/mol. The van der Waals surface area contributed by atoms with Crippen LogP contribution in [-0.4, -0.2) is 29.7 Å². The Labute approximate surface area is 92.8 Å². The summed E-state index contributed by atoms with van der Waals surface area (Å²) in [6, 6.07) is -0.284. The normalized spacial score (nSPS) is 12.7. The number of aryl methyl sites for hydroxylation is 1. The van der Waals surface area contributed by atoms with Crippen LogP contribution < -0.4 is 11.1 Å². The molecular weight excluding hydrogens is 214 g/mol. The number of primary amides is 1. The largest absolute Gasteiger partial charge is 0.440 e. The highest BCUT2D eigenvalue weighted by Crippen LogP contribution is 2.17. The fourth-order valence-electron chi connectivity index (χ4n) is 1.09. The van der Waals surface area contributed by atoms with Crippen LogP contribution in [0.1, 0.15) is 12.1 Å². The highest BCUT2D eigenvalue weighted by Gasteiger charge is 2.12. The van der Waals surface area contributed by atoms with Gasteiger partial charge in [-0.1, -0.05) is 11.8 Å². The quantitative estimate of drug-likeness (QED) is 0.696. The molecular formula is C9H15N3O2S. The van der Waals surface area contributed by atoms with Gasteiger partial charge in [0, 0.05) is 5.75 Å². The van der Waals surface area contributed by atoms with Gasteiger partial charge in [-0.2, -0.15) is 0 Å². The molecule has 0 aliphatic carbocycles. The van der Waals surface area contributed by atoms with Crippen LogP contribution in [0.5, 0.6) is 0 Å². The van der Waals surface area contributed by atoms with E-state index in [0.717, 1.165) is 11.4 Å². The van der Waals surface area contributed by atoms with Crippen molar-refractivity contribution in [1.82, 2.24) is 10.3 Å². The Morgan fingerprint density at radius 1 is 1.80 bits per heavy atom. The number of oxazole rings is 1. The number of thioether (sulfide) groups is 1. The molecule has 6 heteroatoms. The van der Waals surface area contributed by atoms with Crippen LogP contribution in [0.3, 0.4) is 0 Å². The average Bonchev–Trinajstić information content (AvgIpc) is 2.58. The van der Waals surface area contributed by atoms with Crippen LogP contribution in [0, 0.1) is 6.92 Å². The summed E-state index contributed by atoms with van der Waals surface area (Å²) in [5.41, 5.74) is 6.04. The van der Waals surface area contributed by atoms with E-state index in [0.29, 0.717) is 11.6 Å². The van der Waals surface area contributed by atoms with Crippen molar-refractivity contribution < 1.29 is 9.21 Å². The van der Waals surface area contributed by atoms with Gasteiger partial charge in [-0.05, 0) is 20.4 Å².